The van der Waals surface area contributed by atoms with E-state index in [0.29, 0.717) is 0 Å². The van der Waals surface area contributed by atoms with Crippen molar-refractivity contribution in [3.05, 3.63) is 29.3 Å². The Labute approximate surface area is 257 Å². The van der Waals surface area contributed by atoms with Crippen LogP contribution in [0.5, 0.6) is 0 Å². The third-order valence-corrected chi connectivity index (χ3v) is 10.8. The number of aliphatic hydroxyl groups excluding tert-OH is 1. The molecule has 24 heteroatoms. The number of nitrogens with zero attached hydrogens (tertiary/aromatic N) is 7. The SMILES string of the molecule is C[C@@H]1[C@@H]2NP(O)(=S)OC[C@H]3O[C@@H](n4cnc5c(N)ncnc54)[C@H](O)[C@@H]3NP(=O)(O)OC[C@H]2O[C@H]1n1cnc2c(=O)[nH]c(N)nc21. The number of hydrogen-bond donors (Lipinski definition) is 8. The molecule has 0 aliphatic carbocycles. The number of fused-ring (bicyclic) bond motifs is 4. The molecule has 0 spiro atoms. The van der Waals surface area contributed by atoms with Crippen LogP contribution in [0.1, 0.15) is 19.4 Å². The van der Waals surface area contributed by atoms with E-state index >= 15 is 0 Å². The third-order valence-electron chi connectivity index (χ3n) is 7.94. The summed E-state index contributed by atoms with van der Waals surface area (Å²) < 4.78 is 39.6. The molecule has 3 saturated heterocycles. The molecule has 4 aromatic rings. The molecule has 10 atom stereocenters. The van der Waals surface area contributed by atoms with Crippen LogP contribution in [-0.4, -0.2) is 97.5 Å². The Hall–Kier alpha value is -2.98. The number of H-pyrrole nitrogens is 1. The Morgan fingerprint density at radius 2 is 1.62 bits per heavy atom. The zero-order chi connectivity index (χ0) is 31.8. The molecule has 3 aliphatic rings. The van der Waals surface area contributed by atoms with Gasteiger partial charge in [0, 0.05) is 5.92 Å². The fraction of sp³-hybridized carbons (Fsp3) is 0.524. The number of nitrogens with two attached hydrogens (primary N) is 2. The number of nitrogen functional groups attached to an aromatic ring is 2. The lowest BCUT2D eigenvalue weighted by Gasteiger charge is -2.31. The molecule has 7 heterocycles. The first-order valence-corrected chi connectivity index (χ1v) is 17.7. The van der Waals surface area contributed by atoms with E-state index in [1.54, 1.807) is 6.92 Å². The molecule has 3 aliphatic heterocycles. The summed E-state index contributed by atoms with van der Waals surface area (Å²) in [7, 11) is -4.64. The van der Waals surface area contributed by atoms with E-state index in [2.05, 4.69) is 40.1 Å². The minimum atomic E-state index is -4.64. The summed E-state index contributed by atoms with van der Waals surface area (Å²) in [5.74, 6) is -0.523. The van der Waals surface area contributed by atoms with E-state index in [-0.39, 0.29) is 34.1 Å². The van der Waals surface area contributed by atoms with E-state index in [4.69, 9.17) is 41.8 Å². The van der Waals surface area contributed by atoms with Gasteiger partial charge in [0.1, 0.15) is 36.4 Å². The second-order valence-corrected chi connectivity index (χ2v) is 15.4. The van der Waals surface area contributed by atoms with Crippen LogP contribution < -0.4 is 27.2 Å². The molecule has 0 saturated carbocycles. The quantitative estimate of drug-likeness (QED) is 0.108. The lowest BCUT2D eigenvalue weighted by molar-refractivity contribution is -0.0463. The molecule has 0 amide bonds. The van der Waals surface area contributed by atoms with Crippen LogP contribution >= 0.6 is 14.4 Å². The Morgan fingerprint density at radius 1 is 0.956 bits per heavy atom. The molecule has 10 N–H and O–H groups in total. The summed E-state index contributed by atoms with van der Waals surface area (Å²) in [6.07, 6.45) is -1.61. The fourth-order valence-electron chi connectivity index (χ4n) is 5.83. The first-order valence-electron chi connectivity index (χ1n) is 13.5. The Bertz CT molecular complexity index is 1940. The first-order chi connectivity index (χ1) is 21.3. The van der Waals surface area contributed by atoms with Gasteiger partial charge in [0.05, 0.1) is 38.0 Å². The highest BCUT2D eigenvalue weighted by atomic mass is 32.5. The lowest BCUT2D eigenvalue weighted by Crippen LogP contribution is -2.46. The largest absolute Gasteiger partial charge is 0.403 e. The summed E-state index contributed by atoms with van der Waals surface area (Å²) in [5, 5.41) is 16.7. The smallest absolute Gasteiger partial charge is 0.387 e. The minimum absolute atomic E-state index is 0.0257. The molecule has 45 heavy (non-hydrogen) atoms. The van der Waals surface area contributed by atoms with Crippen molar-refractivity contribution in [3.63, 3.8) is 0 Å². The van der Waals surface area contributed by atoms with Crippen molar-refractivity contribution in [2.24, 2.45) is 5.92 Å². The van der Waals surface area contributed by atoms with Gasteiger partial charge in [0.15, 0.2) is 28.9 Å². The van der Waals surface area contributed by atoms with Crippen molar-refractivity contribution in [2.75, 3.05) is 24.7 Å². The highest BCUT2D eigenvalue weighted by molar-refractivity contribution is 8.08. The van der Waals surface area contributed by atoms with Crippen LogP contribution in [0, 0.1) is 5.92 Å². The maximum Gasteiger partial charge on any atom is 0.403 e. The fourth-order valence-corrected chi connectivity index (χ4v) is 8.69. The number of aromatic amines is 1. The molecule has 0 radical (unpaired) electrons. The number of aromatic nitrogens is 8. The summed E-state index contributed by atoms with van der Waals surface area (Å²) >= 11 is 5.43. The van der Waals surface area contributed by atoms with Gasteiger partial charge in [0.25, 0.3) is 12.2 Å². The molecule has 0 aromatic carbocycles. The summed E-state index contributed by atoms with van der Waals surface area (Å²) in [6, 6.07) is -2.01. The van der Waals surface area contributed by atoms with Crippen molar-refractivity contribution in [2.45, 2.75) is 49.8 Å². The van der Waals surface area contributed by atoms with Gasteiger partial charge < -0.3 is 40.4 Å². The van der Waals surface area contributed by atoms with E-state index in [1.807, 2.05) is 0 Å². The second kappa shape index (κ2) is 11.1. The van der Waals surface area contributed by atoms with Gasteiger partial charge >= 0.3 is 7.75 Å². The average molecular weight is 687 g/mol. The number of rotatable bonds is 2. The van der Waals surface area contributed by atoms with Crippen LogP contribution in [-0.2, 0) is 34.9 Å². The summed E-state index contributed by atoms with van der Waals surface area (Å²) in [4.78, 5) is 57.3. The first kappa shape index (κ1) is 30.7. The van der Waals surface area contributed by atoms with Gasteiger partial charge in [-0.15, -0.1) is 0 Å². The van der Waals surface area contributed by atoms with E-state index in [9.17, 15) is 24.3 Å². The second-order valence-electron chi connectivity index (χ2n) is 10.8. The molecular weight excluding hydrogens is 658 g/mol. The van der Waals surface area contributed by atoms with Crippen LogP contribution in [0.4, 0.5) is 11.8 Å². The minimum Gasteiger partial charge on any atom is -0.387 e. The van der Waals surface area contributed by atoms with Crippen molar-refractivity contribution in [3.8, 4) is 0 Å². The topological polar surface area (TPSA) is 298 Å². The highest BCUT2D eigenvalue weighted by Crippen LogP contribution is 2.49. The number of nitrogens with one attached hydrogen (secondary N) is 3. The van der Waals surface area contributed by atoms with E-state index < -0.39 is 81.9 Å². The summed E-state index contributed by atoms with van der Waals surface area (Å²) in [6.45, 7) is -2.87. The Balaban J connectivity index is 1.17. The normalized spacial score (nSPS) is 37.7. The van der Waals surface area contributed by atoms with Crippen molar-refractivity contribution < 1.29 is 38.0 Å². The Kier molecular flexibility index (Phi) is 7.55. The summed E-state index contributed by atoms with van der Waals surface area (Å²) in [5.41, 5.74) is 11.8. The third kappa shape index (κ3) is 5.45. The number of hydrogen-bond acceptors (Lipinski definition) is 15. The number of aliphatic hydroxyl groups is 1. The van der Waals surface area contributed by atoms with E-state index in [1.165, 1.54) is 28.1 Å². The van der Waals surface area contributed by atoms with E-state index in [0.717, 1.165) is 0 Å². The zero-order valence-corrected chi connectivity index (χ0v) is 25.7. The number of anilines is 2. The van der Waals surface area contributed by atoms with Crippen LogP contribution in [0.25, 0.3) is 22.3 Å². The lowest BCUT2D eigenvalue weighted by atomic mass is 10.00. The molecule has 21 nitrogen and oxygen atoms in total. The van der Waals surface area contributed by atoms with Crippen molar-refractivity contribution >= 4 is 60.3 Å². The number of ether oxygens (including phenoxy) is 2. The predicted molar refractivity (Wildman–Crippen MR) is 157 cm³/mol. The maximum atomic E-state index is 13.3. The zero-order valence-electron chi connectivity index (χ0n) is 23.1. The van der Waals surface area contributed by atoms with Crippen LogP contribution in [0.15, 0.2) is 23.8 Å². The monoisotopic (exact) mass is 686 g/mol. The van der Waals surface area contributed by atoms with Crippen molar-refractivity contribution in [1.29, 1.82) is 0 Å². The molecule has 242 valence electrons. The van der Waals surface area contributed by atoms with Gasteiger partial charge in [-0.25, -0.2) is 34.7 Å². The molecule has 7 rings (SSSR count). The van der Waals surface area contributed by atoms with Gasteiger partial charge in [-0.05, 0) is 11.8 Å². The predicted octanol–water partition coefficient (Wildman–Crippen LogP) is -1.80. The van der Waals surface area contributed by atoms with Gasteiger partial charge in [-0.3, -0.25) is 23.4 Å². The molecule has 0 bridgehead atoms. The Morgan fingerprint density at radius 3 is 2.40 bits per heavy atom. The van der Waals surface area contributed by atoms with Gasteiger partial charge in [-0.1, -0.05) is 6.92 Å². The molecule has 4 aromatic heterocycles. The van der Waals surface area contributed by atoms with Crippen molar-refractivity contribution in [1.82, 2.24) is 49.2 Å². The maximum absolute atomic E-state index is 13.3. The highest BCUT2D eigenvalue weighted by Gasteiger charge is 2.51. The molecule has 3 fully saturated rings. The van der Waals surface area contributed by atoms with Gasteiger partial charge in [0.2, 0.25) is 5.95 Å². The standard InChI is InChI=1S/C21H28N12O9P2S/c1-7-10-8(41-19(7)33-6-27-13-17(33)28-21(23)29-18(13)35)2-39-43(36,37)30-11-9(3-40-44(38,45)31-10)42-20(14(11)34)32-5-26-12-15(22)24-4-25-16(12)32/h4-11,14,19-20,34H,2-3H2,1H3,(H2,22,24,25)(H2,30,36,37)(H2,31,38,45)(H3,23,28,29,35)/t7-,8-,9-,10+,11-,14-,19-,20-,44?/m1/s1. The van der Waals surface area contributed by atoms with Crippen LogP contribution in [0.3, 0.4) is 0 Å². The van der Waals surface area contributed by atoms with Gasteiger partial charge in [-0.2, -0.15) is 4.98 Å². The average Bonchev–Trinajstić information content (AvgIpc) is 3.72. The number of imidazole rings is 2. The molecular formula is C21H28N12O9P2S. The molecule has 2 unspecified atom stereocenters. The van der Waals surface area contributed by atoms with Crippen LogP contribution in [0.2, 0.25) is 0 Å².